The summed E-state index contributed by atoms with van der Waals surface area (Å²) in [5.74, 6) is 0.0138. The molecule has 1 aromatic carbocycles. The average molecular weight is 257 g/mol. The Morgan fingerprint density at radius 2 is 2.42 bits per heavy atom. The summed E-state index contributed by atoms with van der Waals surface area (Å²) in [5.41, 5.74) is 7.11. The van der Waals surface area contributed by atoms with E-state index in [-0.39, 0.29) is 11.9 Å². The Balaban J connectivity index is 1.99. The maximum absolute atomic E-state index is 12.2. The van der Waals surface area contributed by atoms with Crippen molar-refractivity contribution in [1.82, 2.24) is 5.32 Å². The molecule has 1 fully saturated rings. The maximum Gasteiger partial charge on any atom is 0.227 e. The molecule has 2 atom stereocenters. The zero-order valence-electron chi connectivity index (χ0n) is 11.1. The van der Waals surface area contributed by atoms with Crippen LogP contribution < -0.4 is 11.1 Å². The van der Waals surface area contributed by atoms with Crippen molar-refractivity contribution < 1.29 is 4.79 Å². The molecule has 0 bridgehead atoms. The Kier molecular flexibility index (Phi) is 3.87. The Hall–Kier alpha value is -1.86. The van der Waals surface area contributed by atoms with Gasteiger partial charge in [-0.25, -0.2) is 0 Å². The summed E-state index contributed by atoms with van der Waals surface area (Å²) < 4.78 is 0. The van der Waals surface area contributed by atoms with Crippen LogP contribution in [0.3, 0.4) is 0 Å². The molecule has 4 heteroatoms. The summed E-state index contributed by atoms with van der Waals surface area (Å²) >= 11 is 0. The lowest BCUT2D eigenvalue weighted by Gasteiger charge is -2.27. The van der Waals surface area contributed by atoms with E-state index >= 15 is 0 Å². The predicted molar refractivity (Wildman–Crippen MR) is 72.9 cm³/mol. The molecule has 0 spiro atoms. The first kappa shape index (κ1) is 13.6. The molecule has 1 aromatic rings. The molecule has 0 heterocycles. The van der Waals surface area contributed by atoms with E-state index in [2.05, 4.69) is 11.4 Å². The number of amides is 1. The molecule has 1 aliphatic rings. The van der Waals surface area contributed by atoms with E-state index in [1.165, 1.54) is 0 Å². The van der Waals surface area contributed by atoms with Crippen molar-refractivity contribution in [2.75, 3.05) is 0 Å². The van der Waals surface area contributed by atoms with Crippen molar-refractivity contribution in [3.63, 3.8) is 0 Å². The van der Waals surface area contributed by atoms with Gasteiger partial charge in [-0.1, -0.05) is 18.6 Å². The van der Waals surface area contributed by atoms with E-state index in [1.807, 2.05) is 19.1 Å². The van der Waals surface area contributed by atoms with Gasteiger partial charge in [-0.15, -0.1) is 0 Å². The minimum absolute atomic E-state index is 0.0138. The van der Waals surface area contributed by atoms with Crippen LogP contribution in [-0.2, 0) is 11.3 Å². The molecular formula is C15H19N3O. The van der Waals surface area contributed by atoms with Gasteiger partial charge >= 0.3 is 0 Å². The SMILES string of the molecule is CC1(C(=O)NCc2cccc(C#N)c2)CCCC1N. The fourth-order valence-corrected chi connectivity index (χ4v) is 2.61. The van der Waals surface area contributed by atoms with Gasteiger partial charge in [0.2, 0.25) is 5.91 Å². The second kappa shape index (κ2) is 5.41. The standard InChI is InChI=1S/C15H19N3O/c1-15(7-3-6-13(15)17)14(19)18-10-12-5-2-4-11(8-12)9-16/h2,4-5,8,13H,3,6-7,10,17H2,1H3,(H,18,19). The smallest absolute Gasteiger partial charge is 0.227 e. The van der Waals surface area contributed by atoms with E-state index in [4.69, 9.17) is 11.0 Å². The fourth-order valence-electron chi connectivity index (χ4n) is 2.61. The molecule has 0 saturated heterocycles. The van der Waals surface area contributed by atoms with Crippen molar-refractivity contribution in [3.05, 3.63) is 35.4 Å². The quantitative estimate of drug-likeness (QED) is 0.864. The molecule has 1 amide bonds. The van der Waals surface area contributed by atoms with E-state index in [1.54, 1.807) is 12.1 Å². The number of hydrogen-bond acceptors (Lipinski definition) is 3. The van der Waals surface area contributed by atoms with Crippen LogP contribution in [0.2, 0.25) is 0 Å². The molecule has 0 radical (unpaired) electrons. The minimum Gasteiger partial charge on any atom is -0.352 e. The second-order valence-corrected chi connectivity index (χ2v) is 5.41. The van der Waals surface area contributed by atoms with Crippen LogP contribution in [0.25, 0.3) is 0 Å². The summed E-state index contributed by atoms with van der Waals surface area (Å²) in [6, 6.07) is 9.30. The first-order chi connectivity index (χ1) is 9.06. The van der Waals surface area contributed by atoms with Gasteiger partial charge in [-0.2, -0.15) is 5.26 Å². The summed E-state index contributed by atoms with van der Waals surface area (Å²) in [7, 11) is 0. The third kappa shape index (κ3) is 2.77. The van der Waals surface area contributed by atoms with Crippen molar-refractivity contribution in [2.24, 2.45) is 11.1 Å². The minimum atomic E-state index is -0.452. The Bertz CT molecular complexity index is 520. The highest BCUT2D eigenvalue weighted by molar-refractivity contribution is 5.83. The lowest BCUT2D eigenvalue weighted by Crippen LogP contribution is -2.47. The number of nitrogens with two attached hydrogens (primary N) is 1. The van der Waals surface area contributed by atoms with Crippen LogP contribution in [0.5, 0.6) is 0 Å². The summed E-state index contributed by atoms with van der Waals surface area (Å²) in [6.07, 6.45) is 2.76. The number of carbonyl (C=O) groups excluding carboxylic acids is 1. The number of benzene rings is 1. The van der Waals surface area contributed by atoms with Gasteiger partial charge < -0.3 is 11.1 Å². The zero-order valence-corrected chi connectivity index (χ0v) is 11.1. The lowest BCUT2D eigenvalue weighted by molar-refractivity contribution is -0.130. The molecule has 3 N–H and O–H groups in total. The van der Waals surface area contributed by atoms with Crippen LogP contribution in [0.15, 0.2) is 24.3 Å². The monoisotopic (exact) mass is 257 g/mol. The number of hydrogen-bond donors (Lipinski definition) is 2. The average Bonchev–Trinajstić information content (AvgIpc) is 2.77. The van der Waals surface area contributed by atoms with Crippen molar-refractivity contribution in [2.45, 2.75) is 38.8 Å². The highest BCUT2D eigenvalue weighted by Crippen LogP contribution is 2.36. The third-order valence-electron chi connectivity index (χ3n) is 4.06. The highest BCUT2D eigenvalue weighted by atomic mass is 16.2. The van der Waals surface area contributed by atoms with Crippen molar-refractivity contribution in [1.29, 1.82) is 5.26 Å². The number of nitriles is 1. The molecule has 4 nitrogen and oxygen atoms in total. The largest absolute Gasteiger partial charge is 0.352 e. The maximum atomic E-state index is 12.2. The number of nitrogens with zero attached hydrogens (tertiary/aromatic N) is 1. The molecule has 0 aliphatic heterocycles. The summed E-state index contributed by atoms with van der Waals surface area (Å²) in [6.45, 7) is 2.38. The molecule has 19 heavy (non-hydrogen) atoms. The Labute approximate surface area is 113 Å². The van der Waals surface area contributed by atoms with E-state index in [9.17, 15) is 4.79 Å². The van der Waals surface area contributed by atoms with Gasteiger partial charge in [0.25, 0.3) is 0 Å². The normalized spacial score (nSPS) is 25.8. The Morgan fingerprint density at radius 3 is 3.05 bits per heavy atom. The van der Waals surface area contributed by atoms with Gasteiger partial charge in [-0.05, 0) is 37.5 Å². The van der Waals surface area contributed by atoms with Crippen LogP contribution >= 0.6 is 0 Å². The molecule has 0 aromatic heterocycles. The van der Waals surface area contributed by atoms with Gasteiger partial charge in [0.15, 0.2) is 0 Å². The van der Waals surface area contributed by atoms with E-state index in [0.717, 1.165) is 24.8 Å². The van der Waals surface area contributed by atoms with Crippen molar-refractivity contribution >= 4 is 5.91 Å². The molecular weight excluding hydrogens is 238 g/mol. The number of rotatable bonds is 3. The van der Waals surface area contributed by atoms with Crippen LogP contribution in [0.4, 0.5) is 0 Å². The van der Waals surface area contributed by atoms with Gasteiger partial charge in [0.1, 0.15) is 0 Å². The Morgan fingerprint density at radius 1 is 1.63 bits per heavy atom. The van der Waals surface area contributed by atoms with Crippen LogP contribution in [0.1, 0.15) is 37.3 Å². The van der Waals surface area contributed by atoms with Gasteiger partial charge in [-0.3, -0.25) is 4.79 Å². The van der Waals surface area contributed by atoms with E-state index in [0.29, 0.717) is 12.1 Å². The van der Waals surface area contributed by atoms with Crippen LogP contribution in [0, 0.1) is 16.7 Å². The van der Waals surface area contributed by atoms with Crippen LogP contribution in [-0.4, -0.2) is 11.9 Å². The van der Waals surface area contributed by atoms with Crippen molar-refractivity contribution in [3.8, 4) is 6.07 Å². The second-order valence-electron chi connectivity index (χ2n) is 5.41. The number of carbonyl (C=O) groups is 1. The zero-order chi connectivity index (χ0) is 13.9. The number of nitrogens with one attached hydrogen (secondary N) is 1. The highest BCUT2D eigenvalue weighted by Gasteiger charge is 2.42. The summed E-state index contributed by atoms with van der Waals surface area (Å²) in [4.78, 5) is 12.2. The molecule has 1 saturated carbocycles. The van der Waals surface area contributed by atoms with Gasteiger partial charge in [0.05, 0.1) is 17.0 Å². The molecule has 2 rings (SSSR count). The van der Waals surface area contributed by atoms with Gasteiger partial charge in [0, 0.05) is 12.6 Å². The topological polar surface area (TPSA) is 78.9 Å². The first-order valence-corrected chi connectivity index (χ1v) is 6.59. The first-order valence-electron chi connectivity index (χ1n) is 6.59. The molecule has 1 aliphatic carbocycles. The predicted octanol–water partition coefficient (Wildman–Crippen LogP) is 1.69. The molecule has 2 unspecified atom stereocenters. The fraction of sp³-hybridized carbons (Fsp3) is 0.467. The third-order valence-corrected chi connectivity index (χ3v) is 4.06. The van der Waals surface area contributed by atoms with E-state index < -0.39 is 5.41 Å². The summed E-state index contributed by atoms with van der Waals surface area (Å²) in [5, 5.41) is 11.8. The lowest BCUT2D eigenvalue weighted by atomic mass is 9.84. The molecule has 100 valence electrons.